The Hall–Kier alpha value is -1.75. The van der Waals surface area contributed by atoms with Gasteiger partial charge in [0.05, 0.1) is 14.2 Å². The van der Waals surface area contributed by atoms with Crippen molar-refractivity contribution in [3.63, 3.8) is 0 Å². The summed E-state index contributed by atoms with van der Waals surface area (Å²) in [4.78, 5) is 13.4. The molecule has 0 radical (unpaired) electrons. The van der Waals surface area contributed by atoms with E-state index in [0.29, 0.717) is 30.2 Å². The molecule has 1 aromatic carbocycles. The van der Waals surface area contributed by atoms with E-state index in [1.165, 1.54) is 7.11 Å². The summed E-state index contributed by atoms with van der Waals surface area (Å²) >= 11 is 0. The average Bonchev–Trinajstić information content (AvgIpc) is 2.43. The zero-order valence-electron chi connectivity index (χ0n) is 11.8. The van der Waals surface area contributed by atoms with Crippen LogP contribution in [0, 0.1) is 0 Å². The Balaban J connectivity index is 3.26. The molecule has 106 valence electrons. The highest BCUT2D eigenvalue weighted by Crippen LogP contribution is 2.32. The van der Waals surface area contributed by atoms with Crippen LogP contribution in [0.15, 0.2) is 18.2 Å². The molecule has 0 amide bonds. The number of nitrogens with zero attached hydrogens (tertiary/aromatic N) is 1. The quantitative estimate of drug-likeness (QED) is 0.820. The molecule has 0 bridgehead atoms. The highest BCUT2D eigenvalue weighted by molar-refractivity contribution is 5.77. The molecule has 1 aromatic rings. The second kappa shape index (κ2) is 6.99. The Morgan fingerprint density at radius 1 is 1.26 bits per heavy atom. The maximum Gasteiger partial charge on any atom is 0.325 e. The third kappa shape index (κ3) is 3.38. The fourth-order valence-corrected chi connectivity index (χ4v) is 2.12. The third-order valence-electron chi connectivity index (χ3n) is 3.15. The number of aliphatic carboxylic acids is 1. The first-order valence-electron chi connectivity index (χ1n) is 6.27. The van der Waals surface area contributed by atoms with Gasteiger partial charge in [-0.2, -0.15) is 0 Å². The SMILES string of the molecule is CCN(CC)C(C(=O)O)c1ccc(OC)cc1OC. The molecule has 5 heteroatoms. The minimum absolute atomic E-state index is 0.527. The minimum atomic E-state index is -0.882. The first kappa shape index (κ1) is 15.3. The van der Waals surface area contributed by atoms with Gasteiger partial charge in [0.1, 0.15) is 17.5 Å². The van der Waals surface area contributed by atoms with Gasteiger partial charge in [-0.05, 0) is 25.2 Å². The second-order valence-corrected chi connectivity index (χ2v) is 4.07. The summed E-state index contributed by atoms with van der Waals surface area (Å²) in [6, 6.07) is 4.48. The van der Waals surface area contributed by atoms with Crippen LogP contribution in [-0.2, 0) is 4.79 Å². The largest absolute Gasteiger partial charge is 0.497 e. The van der Waals surface area contributed by atoms with Crippen molar-refractivity contribution in [3.8, 4) is 11.5 Å². The van der Waals surface area contributed by atoms with E-state index in [9.17, 15) is 9.90 Å². The molecule has 0 aliphatic carbocycles. The lowest BCUT2D eigenvalue weighted by molar-refractivity contribution is -0.143. The van der Waals surface area contributed by atoms with Crippen molar-refractivity contribution < 1.29 is 19.4 Å². The molecule has 1 N–H and O–H groups in total. The van der Waals surface area contributed by atoms with Crippen LogP contribution in [0.2, 0.25) is 0 Å². The first-order valence-corrected chi connectivity index (χ1v) is 6.27. The summed E-state index contributed by atoms with van der Waals surface area (Å²) in [6.45, 7) is 5.19. The van der Waals surface area contributed by atoms with E-state index in [-0.39, 0.29) is 0 Å². The Kier molecular flexibility index (Phi) is 5.63. The van der Waals surface area contributed by atoms with Crippen molar-refractivity contribution in [2.24, 2.45) is 0 Å². The highest BCUT2D eigenvalue weighted by Gasteiger charge is 2.28. The molecule has 19 heavy (non-hydrogen) atoms. The molecule has 1 atom stereocenters. The number of hydrogen-bond donors (Lipinski definition) is 1. The van der Waals surface area contributed by atoms with Crippen molar-refractivity contribution in [1.82, 2.24) is 4.90 Å². The average molecular weight is 267 g/mol. The molecular weight excluding hydrogens is 246 g/mol. The molecule has 0 aromatic heterocycles. The normalized spacial score (nSPS) is 12.3. The number of benzene rings is 1. The topological polar surface area (TPSA) is 59.0 Å². The summed E-state index contributed by atoms with van der Waals surface area (Å²) in [5.74, 6) is 0.287. The van der Waals surface area contributed by atoms with E-state index in [2.05, 4.69) is 0 Å². The molecule has 0 saturated carbocycles. The van der Waals surface area contributed by atoms with E-state index in [0.717, 1.165) is 0 Å². The molecule has 0 fully saturated rings. The molecule has 0 aliphatic rings. The number of ether oxygens (including phenoxy) is 2. The zero-order valence-corrected chi connectivity index (χ0v) is 11.8. The van der Waals surface area contributed by atoms with Crippen molar-refractivity contribution in [3.05, 3.63) is 23.8 Å². The molecule has 1 unspecified atom stereocenters. The number of carboxylic acids is 1. The lowest BCUT2D eigenvalue weighted by atomic mass is 10.0. The summed E-state index contributed by atoms with van der Waals surface area (Å²) in [5, 5.41) is 9.48. The van der Waals surface area contributed by atoms with Crippen LogP contribution in [0.25, 0.3) is 0 Å². The number of methoxy groups -OCH3 is 2. The second-order valence-electron chi connectivity index (χ2n) is 4.07. The molecule has 0 aliphatic heterocycles. The van der Waals surface area contributed by atoms with E-state index in [4.69, 9.17) is 9.47 Å². The Bertz CT molecular complexity index is 429. The van der Waals surface area contributed by atoms with Gasteiger partial charge < -0.3 is 14.6 Å². The maximum absolute atomic E-state index is 11.6. The fraction of sp³-hybridized carbons (Fsp3) is 0.500. The molecule has 1 rings (SSSR count). The monoisotopic (exact) mass is 267 g/mol. The van der Waals surface area contributed by atoms with E-state index in [1.54, 1.807) is 25.3 Å². The van der Waals surface area contributed by atoms with Crippen molar-refractivity contribution >= 4 is 5.97 Å². The number of rotatable bonds is 7. The predicted octanol–water partition coefficient (Wildman–Crippen LogP) is 2.17. The number of hydrogen-bond acceptors (Lipinski definition) is 4. The summed E-state index contributed by atoms with van der Waals surface area (Å²) in [6.07, 6.45) is 0. The summed E-state index contributed by atoms with van der Waals surface area (Å²) < 4.78 is 10.4. The Labute approximate surface area is 113 Å². The van der Waals surface area contributed by atoms with Gasteiger partial charge in [-0.15, -0.1) is 0 Å². The number of carboxylic acid groups (broad SMARTS) is 1. The van der Waals surface area contributed by atoms with Crippen molar-refractivity contribution in [1.29, 1.82) is 0 Å². The standard InChI is InChI=1S/C14H21NO4/c1-5-15(6-2)13(14(16)17)11-8-7-10(18-3)9-12(11)19-4/h7-9,13H,5-6H2,1-4H3,(H,16,17). The van der Waals surface area contributed by atoms with E-state index in [1.807, 2.05) is 18.7 Å². The smallest absolute Gasteiger partial charge is 0.325 e. The summed E-state index contributed by atoms with van der Waals surface area (Å²) in [7, 11) is 3.09. The van der Waals surface area contributed by atoms with Gasteiger partial charge in [-0.1, -0.05) is 13.8 Å². The van der Waals surface area contributed by atoms with Gasteiger partial charge in [0.15, 0.2) is 0 Å². The van der Waals surface area contributed by atoms with Crippen LogP contribution in [0.5, 0.6) is 11.5 Å². The van der Waals surface area contributed by atoms with Gasteiger partial charge >= 0.3 is 5.97 Å². The van der Waals surface area contributed by atoms with E-state index >= 15 is 0 Å². The predicted molar refractivity (Wildman–Crippen MR) is 72.8 cm³/mol. The van der Waals surface area contributed by atoms with Gasteiger partial charge in [0, 0.05) is 11.6 Å². The molecule has 0 saturated heterocycles. The maximum atomic E-state index is 11.6. The van der Waals surface area contributed by atoms with Gasteiger partial charge in [0.2, 0.25) is 0 Å². The van der Waals surface area contributed by atoms with E-state index < -0.39 is 12.0 Å². The van der Waals surface area contributed by atoms with Crippen molar-refractivity contribution in [2.45, 2.75) is 19.9 Å². The Morgan fingerprint density at radius 2 is 1.89 bits per heavy atom. The van der Waals surface area contributed by atoms with Crippen LogP contribution in [0.4, 0.5) is 0 Å². The van der Waals surface area contributed by atoms with Crippen LogP contribution >= 0.6 is 0 Å². The third-order valence-corrected chi connectivity index (χ3v) is 3.15. The van der Waals surface area contributed by atoms with Crippen LogP contribution < -0.4 is 9.47 Å². The lowest BCUT2D eigenvalue weighted by Crippen LogP contribution is -2.34. The van der Waals surface area contributed by atoms with Gasteiger partial charge in [-0.25, -0.2) is 0 Å². The van der Waals surface area contributed by atoms with Gasteiger partial charge in [0.25, 0.3) is 0 Å². The fourth-order valence-electron chi connectivity index (χ4n) is 2.12. The number of carbonyl (C=O) groups is 1. The molecule has 0 heterocycles. The highest BCUT2D eigenvalue weighted by atomic mass is 16.5. The van der Waals surface area contributed by atoms with Gasteiger partial charge in [-0.3, -0.25) is 9.69 Å². The molecule has 5 nitrogen and oxygen atoms in total. The van der Waals surface area contributed by atoms with Crippen LogP contribution in [-0.4, -0.2) is 43.3 Å². The van der Waals surface area contributed by atoms with Crippen LogP contribution in [0.1, 0.15) is 25.5 Å². The van der Waals surface area contributed by atoms with Crippen molar-refractivity contribution in [2.75, 3.05) is 27.3 Å². The van der Waals surface area contributed by atoms with Crippen LogP contribution in [0.3, 0.4) is 0 Å². The number of likely N-dealkylation sites (N-methyl/N-ethyl adjacent to an activating group) is 1. The first-order chi connectivity index (χ1) is 9.08. The minimum Gasteiger partial charge on any atom is -0.497 e. The Morgan fingerprint density at radius 3 is 2.32 bits per heavy atom. The molecular formula is C14H21NO4. The zero-order chi connectivity index (χ0) is 14.4. The summed E-state index contributed by atoms with van der Waals surface area (Å²) in [5.41, 5.74) is 0.638. The lowest BCUT2D eigenvalue weighted by Gasteiger charge is -2.27. The molecule has 0 spiro atoms.